The minimum Gasteiger partial charge on any atom is -0.342 e. The van der Waals surface area contributed by atoms with Gasteiger partial charge in [-0.15, -0.1) is 0 Å². The number of aryl methyl sites for hydroxylation is 1. The van der Waals surface area contributed by atoms with Crippen molar-refractivity contribution >= 4 is 11.9 Å². The summed E-state index contributed by atoms with van der Waals surface area (Å²) in [5, 5.41) is 9.68. The molecular formula is C15H19F3N6O2. The molecule has 0 spiro atoms. The van der Waals surface area contributed by atoms with Gasteiger partial charge in [0.1, 0.15) is 5.69 Å². The number of alkyl halides is 3. The third-order valence-electron chi connectivity index (χ3n) is 4.15. The Bertz CT molecular complexity index is 762. The number of rotatable bonds is 4. The van der Waals surface area contributed by atoms with E-state index < -0.39 is 17.8 Å². The summed E-state index contributed by atoms with van der Waals surface area (Å²) >= 11 is 0. The molecule has 1 N–H and O–H groups in total. The molecule has 1 fully saturated rings. The Kier molecular flexibility index (Phi) is 5.14. The standard InChI is InChI=1S/C15H19F3N6O2/c1-23-10(8-11(21-23)15(16,17)18)13(25)19-9-12-20-14(22-26-12)24-6-4-2-3-5-7-24/h8H,2-7,9H2,1H3,(H,19,25). The van der Waals surface area contributed by atoms with Gasteiger partial charge in [-0.05, 0) is 18.0 Å². The molecule has 1 saturated heterocycles. The lowest BCUT2D eigenvalue weighted by atomic mass is 10.2. The number of carbonyl (C=O) groups excluding carboxylic acids is 1. The summed E-state index contributed by atoms with van der Waals surface area (Å²) in [7, 11) is 1.27. The zero-order chi connectivity index (χ0) is 18.7. The van der Waals surface area contributed by atoms with E-state index in [9.17, 15) is 18.0 Å². The smallest absolute Gasteiger partial charge is 0.342 e. The van der Waals surface area contributed by atoms with Crippen LogP contribution in [-0.4, -0.2) is 38.9 Å². The summed E-state index contributed by atoms with van der Waals surface area (Å²) in [6.45, 7) is 1.62. The Morgan fingerprint density at radius 3 is 2.58 bits per heavy atom. The third-order valence-corrected chi connectivity index (χ3v) is 4.15. The highest BCUT2D eigenvalue weighted by Crippen LogP contribution is 2.28. The number of nitrogens with one attached hydrogen (secondary N) is 1. The third kappa shape index (κ3) is 4.14. The molecule has 1 aliphatic heterocycles. The first-order valence-electron chi connectivity index (χ1n) is 8.31. The van der Waals surface area contributed by atoms with Crippen LogP contribution in [0.1, 0.15) is 47.8 Å². The van der Waals surface area contributed by atoms with Crippen molar-refractivity contribution < 1.29 is 22.5 Å². The molecule has 0 radical (unpaired) electrons. The number of halogens is 3. The maximum absolute atomic E-state index is 12.7. The number of hydrogen-bond donors (Lipinski definition) is 1. The van der Waals surface area contributed by atoms with Crippen molar-refractivity contribution in [2.24, 2.45) is 7.05 Å². The Balaban J connectivity index is 1.61. The summed E-state index contributed by atoms with van der Waals surface area (Å²) in [6, 6.07) is 0.700. The molecule has 8 nitrogen and oxygen atoms in total. The number of aromatic nitrogens is 4. The van der Waals surface area contributed by atoms with Crippen LogP contribution < -0.4 is 10.2 Å². The molecule has 142 valence electrons. The van der Waals surface area contributed by atoms with Gasteiger partial charge in [0.15, 0.2) is 5.69 Å². The molecule has 0 bridgehead atoms. The monoisotopic (exact) mass is 372 g/mol. The van der Waals surface area contributed by atoms with Gasteiger partial charge in [-0.1, -0.05) is 12.8 Å². The average Bonchev–Trinajstić information content (AvgIpc) is 3.11. The van der Waals surface area contributed by atoms with Crippen LogP contribution in [0.5, 0.6) is 0 Å². The number of hydrogen-bond acceptors (Lipinski definition) is 6. The highest BCUT2D eigenvalue weighted by Gasteiger charge is 2.35. The van der Waals surface area contributed by atoms with Crippen molar-refractivity contribution in [3.8, 4) is 0 Å². The van der Waals surface area contributed by atoms with Gasteiger partial charge in [0, 0.05) is 26.2 Å². The lowest BCUT2D eigenvalue weighted by Gasteiger charge is -2.16. The molecule has 11 heteroatoms. The molecule has 26 heavy (non-hydrogen) atoms. The van der Waals surface area contributed by atoms with Crippen LogP contribution >= 0.6 is 0 Å². The van der Waals surface area contributed by atoms with Crippen molar-refractivity contribution in [2.45, 2.75) is 38.4 Å². The van der Waals surface area contributed by atoms with Gasteiger partial charge in [-0.2, -0.15) is 23.3 Å². The fourth-order valence-corrected chi connectivity index (χ4v) is 2.78. The maximum atomic E-state index is 12.7. The molecule has 3 heterocycles. The summed E-state index contributed by atoms with van der Waals surface area (Å²) in [5.41, 5.74) is -1.32. The zero-order valence-electron chi connectivity index (χ0n) is 14.2. The molecule has 3 rings (SSSR count). The highest BCUT2D eigenvalue weighted by atomic mass is 19.4. The van der Waals surface area contributed by atoms with E-state index in [1.165, 1.54) is 19.9 Å². The fraction of sp³-hybridized carbons (Fsp3) is 0.600. The number of carbonyl (C=O) groups is 1. The molecule has 0 aromatic carbocycles. The first kappa shape index (κ1) is 18.2. The molecule has 2 aromatic rings. The lowest BCUT2D eigenvalue weighted by Crippen LogP contribution is -2.26. The number of nitrogens with zero attached hydrogens (tertiary/aromatic N) is 5. The Morgan fingerprint density at radius 1 is 1.27 bits per heavy atom. The van der Waals surface area contributed by atoms with Crippen LogP contribution in [0.3, 0.4) is 0 Å². The number of anilines is 1. The van der Waals surface area contributed by atoms with Crippen molar-refractivity contribution in [1.29, 1.82) is 0 Å². The SMILES string of the molecule is Cn1nc(C(F)(F)F)cc1C(=O)NCc1nc(N2CCCCCC2)no1. The summed E-state index contributed by atoms with van der Waals surface area (Å²) in [4.78, 5) is 18.4. The molecule has 0 atom stereocenters. The van der Waals surface area contributed by atoms with E-state index in [1.54, 1.807) is 0 Å². The lowest BCUT2D eigenvalue weighted by molar-refractivity contribution is -0.141. The predicted octanol–water partition coefficient (Wildman–Crippen LogP) is 2.13. The fourth-order valence-electron chi connectivity index (χ4n) is 2.78. The predicted molar refractivity (Wildman–Crippen MR) is 84.4 cm³/mol. The number of amides is 1. The normalized spacial score (nSPS) is 15.8. The van der Waals surface area contributed by atoms with Gasteiger partial charge < -0.3 is 14.7 Å². The average molecular weight is 372 g/mol. The molecule has 1 aliphatic rings. The zero-order valence-corrected chi connectivity index (χ0v) is 14.2. The molecular weight excluding hydrogens is 353 g/mol. The molecule has 0 saturated carbocycles. The van der Waals surface area contributed by atoms with Gasteiger partial charge in [0.25, 0.3) is 11.9 Å². The van der Waals surface area contributed by atoms with E-state index in [2.05, 4.69) is 20.6 Å². The van der Waals surface area contributed by atoms with Crippen LogP contribution in [0.2, 0.25) is 0 Å². The van der Waals surface area contributed by atoms with Gasteiger partial charge in [-0.25, -0.2) is 0 Å². The molecule has 1 amide bonds. The van der Waals surface area contributed by atoms with E-state index in [-0.39, 0.29) is 18.1 Å². The van der Waals surface area contributed by atoms with Crippen molar-refractivity contribution in [3.05, 3.63) is 23.3 Å². The first-order chi connectivity index (χ1) is 12.3. The van der Waals surface area contributed by atoms with Gasteiger partial charge >= 0.3 is 6.18 Å². The van der Waals surface area contributed by atoms with Crippen LogP contribution in [0.4, 0.5) is 19.1 Å². The Hall–Kier alpha value is -2.59. The van der Waals surface area contributed by atoms with E-state index in [0.29, 0.717) is 12.0 Å². The van der Waals surface area contributed by atoms with Crippen LogP contribution in [0.25, 0.3) is 0 Å². The topological polar surface area (TPSA) is 89.1 Å². The molecule has 0 aliphatic carbocycles. The van der Waals surface area contributed by atoms with Crippen LogP contribution in [0, 0.1) is 0 Å². The minimum atomic E-state index is -4.61. The second-order valence-electron chi connectivity index (χ2n) is 6.11. The van der Waals surface area contributed by atoms with Crippen LogP contribution in [-0.2, 0) is 19.8 Å². The largest absolute Gasteiger partial charge is 0.435 e. The van der Waals surface area contributed by atoms with E-state index >= 15 is 0 Å². The maximum Gasteiger partial charge on any atom is 0.435 e. The second kappa shape index (κ2) is 7.34. The quantitative estimate of drug-likeness (QED) is 0.885. The molecule has 2 aromatic heterocycles. The van der Waals surface area contributed by atoms with Crippen molar-refractivity contribution in [2.75, 3.05) is 18.0 Å². The summed E-state index contributed by atoms with van der Waals surface area (Å²) in [5.74, 6) is -0.0446. The van der Waals surface area contributed by atoms with E-state index in [0.717, 1.165) is 30.6 Å². The highest BCUT2D eigenvalue weighted by molar-refractivity contribution is 5.92. The summed E-state index contributed by atoms with van der Waals surface area (Å²) < 4.78 is 44.0. The Labute approximate surface area is 147 Å². The van der Waals surface area contributed by atoms with Crippen LogP contribution in [0.15, 0.2) is 10.6 Å². The van der Waals surface area contributed by atoms with E-state index in [4.69, 9.17) is 4.52 Å². The van der Waals surface area contributed by atoms with Gasteiger partial charge in [-0.3, -0.25) is 9.48 Å². The van der Waals surface area contributed by atoms with Gasteiger partial charge in [0.05, 0.1) is 6.54 Å². The second-order valence-corrected chi connectivity index (χ2v) is 6.11. The Morgan fingerprint density at radius 2 is 1.96 bits per heavy atom. The van der Waals surface area contributed by atoms with E-state index in [1.807, 2.05) is 4.90 Å². The van der Waals surface area contributed by atoms with Gasteiger partial charge in [0.2, 0.25) is 5.89 Å². The summed E-state index contributed by atoms with van der Waals surface area (Å²) in [6.07, 6.45) is -0.153. The van der Waals surface area contributed by atoms with Crippen molar-refractivity contribution in [3.63, 3.8) is 0 Å². The van der Waals surface area contributed by atoms with Crippen molar-refractivity contribution in [1.82, 2.24) is 25.2 Å². The minimum absolute atomic E-state index is 0.0772. The molecule has 0 unspecified atom stereocenters. The first-order valence-corrected chi connectivity index (χ1v) is 8.31.